The lowest BCUT2D eigenvalue weighted by Crippen LogP contribution is -2.41. The second kappa shape index (κ2) is 7.53. The third-order valence-electron chi connectivity index (χ3n) is 3.98. The molecule has 1 aromatic carbocycles. The van der Waals surface area contributed by atoms with Gasteiger partial charge in [0.05, 0.1) is 34.4 Å². The molecule has 1 amide bonds. The minimum Gasteiger partial charge on any atom is -0.350 e. The molecule has 8 nitrogen and oxygen atoms in total. The van der Waals surface area contributed by atoms with E-state index in [-0.39, 0.29) is 23.2 Å². The smallest absolute Gasteiger partial charge is 0.230 e. The minimum absolute atomic E-state index is 0.0610. The van der Waals surface area contributed by atoms with Crippen LogP contribution in [0.2, 0.25) is 0 Å². The van der Waals surface area contributed by atoms with Gasteiger partial charge in [0.2, 0.25) is 11.1 Å². The normalized spacial score (nSPS) is 21.7. The van der Waals surface area contributed by atoms with Crippen molar-refractivity contribution in [3.8, 4) is 5.69 Å². The number of halogens is 1. The molecule has 0 unspecified atom stereocenters. The van der Waals surface area contributed by atoms with Gasteiger partial charge in [0.1, 0.15) is 0 Å². The molecule has 2 aromatic rings. The number of rotatable bonds is 5. The summed E-state index contributed by atoms with van der Waals surface area (Å²) < 4.78 is 24.7. The van der Waals surface area contributed by atoms with Crippen molar-refractivity contribution in [1.29, 1.82) is 0 Å². The maximum absolute atomic E-state index is 12.1. The fourth-order valence-electron chi connectivity index (χ4n) is 2.78. The molecule has 2 atom stereocenters. The Balaban J connectivity index is 1.64. The van der Waals surface area contributed by atoms with Crippen LogP contribution in [-0.4, -0.2) is 63.2 Å². The molecular formula is C15H18ClN5O3S2. The van der Waals surface area contributed by atoms with Gasteiger partial charge >= 0.3 is 0 Å². The number of benzene rings is 1. The number of sulfone groups is 1. The Morgan fingerprint density at radius 1 is 1.38 bits per heavy atom. The van der Waals surface area contributed by atoms with Gasteiger partial charge in [-0.3, -0.25) is 4.79 Å². The molecule has 1 aliphatic heterocycles. The molecule has 0 saturated carbocycles. The number of hydrogen-bond donors (Lipinski definition) is 1. The van der Waals surface area contributed by atoms with Crippen LogP contribution in [0.25, 0.3) is 5.69 Å². The number of amides is 1. The predicted octanol–water partition coefficient (Wildman–Crippen LogP) is 0.892. The van der Waals surface area contributed by atoms with Crippen LogP contribution in [0.1, 0.15) is 11.1 Å². The number of nitrogens with one attached hydrogen (secondary N) is 1. The van der Waals surface area contributed by atoms with Gasteiger partial charge in [0.25, 0.3) is 0 Å². The highest BCUT2D eigenvalue weighted by Gasteiger charge is 2.37. The number of tetrazole rings is 1. The number of carbonyl (C=O) groups is 1. The molecule has 2 heterocycles. The van der Waals surface area contributed by atoms with Crippen LogP contribution in [-0.2, 0) is 14.6 Å². The van der Waals surface area contributed by atoms with Crippen LogP contribution < -0.4 is 5.32 Å². The molecule has 1 N–H and O–H groups in total. The number of hydrogen-bond acceptors (Lipinski definition) is 7. The van der Waals surface area contributed by atoms with E-state index < -0.39 is 21.3 Å². The number of alkyl halides is 1. The second-order valence-electron chi connectivity index (χ2n) is 6.22. The number of carbonyl (C=O) groups excluding carboxylic acids is 1. The molecule has 1 aliphatic rings. The Morgan fingerprint density at radius 2 is 2.15 bits per heavy atom. The molecule has 3 rings (SSSR count). The van der Waals surface area contributed by atoms with Gasteiger partial charge in [-0.1, -0.05) is 29.5 Å². The molecule has 11 heteroatoms. The van der Waals surface area contributed by atoms with Gasteiger partial charge in [0, 0.05) is 0 Å². The van der Waals surface area contributed by atoms with Crippen molar-refractivity contribution in [2.45, 2.75) is 30.4 Å². The minimum atomic E-state index is -3.19. The van der Waals surface area contributed by atoms with Crippen molar-refractivity contribution < 1.29 is 13.2 Å². The fourth-order valence-corrected chi connectivity index (χ4v) is 6.02. The number of nitrogens with zero attached hydrogens (tertiary/aromatic N) is 4. The van der Waals surface area contributed by atoms with Crippen LogP contribution in [0, 0.1) is 13.8 Å². The van der Waals surface area contributed by atoms with E-state index in [1.165, 1.54) is 11.8 Å². The molecule has 26 heavy (non-hydrogen) atoms. The first-order chi connectivity index (χ1) is 12.2. The van der Waals surface area contributed by atoms with Gasteiger partial charge in [-0.2, -0.15) is 4.68 Å². The summed E-state index contributed by atoms with van der Waals surface area (Å²) in [5.41, 5.74) is 2.99. The molecular weight excluding hydrogens is 398 g/mol. The highest BCUT2D eigenvalue weighted by molar-refractivity contribution is 7.99. The van der Waals surface area contributed by atoms with Crippen molar-refractivity contribution in [3.63, 3.8) is 0 Å². The van der Waals surface area contributed by atoms with Crippen LogP contribution in [0.15, 0.2) is 23.4 Å². The first-order valence-electron chi connectivity index (χ1n) is 7.88. The van der Waals surface area contributed by atoms with E-state index in [0.717, 1.165) is 16.8 Å². The molecule has 0 aliphatic carbocycles. The summed E-state index contributed by atoms with van der Waals surface area (Å²) >= 11 is 7.18. The van der Waals surface area contributed by atoms with E-state index in [1.807, 2.05) is 32.0 Å². The van der Waals surface area contributed by atoms with E-state index in [4.69, 9.17) is 11.6 Å². The van der Waals surface area contributed by atoms with Gasteiger partial charge in [-0.05, 0) is 35.9 Å². The molecule has 1 saturated heterocycles. The zero-order chi connectivity index (χ0) is 18.9. The number of aromatic nitrogens is 4. The molecule has 0 bridgehead atoms. The quantitative estimate of drug-likeness (QED) is 0.570. The van der Waals surface area contributed by atoms with Crippen LogP contribution in [0.4, 0.5) is 0 Å². The summed E-state index contributed by atoms with van der Waals surface area (Å²) in [5, 5.41) is 14.2. The third-order valence-corrected chi connectivity index (χ3v) is 7.28. The monoisotopic (exact) mass is 415 g/mol. The molecule has 1 fully saturated rings. The van der Waals surface area contributed by atoms with Crippen molar-refractivity contribution in [1.82, 2.24) is 25.5 Å². The number of aryl methyl sites for hydroxylation is 2. The van der Waals surface area contributed by atoms with Crippen molar-refractivity contribution in [2.24, 2.45) is 0 Å². The Labute approximate surface area is 160 Å². The topological polar surface area (TPSA) is 107 Å². The lowest BCUT2D eigenvalue weighted by Gasteiger charge is -2.14. The zero-order valence-corrected chi connectivity index (χ0v) is 16.6. The number of thioether (sulfide) groups is 1. The van der Waals surface area contributed by atoms with E-state index >= 15 is 0 Å². The maximum Gasteiger partial charge on any atom is 0.230 e. The lowest BCUT2D eigenvalue weighted by atomic mass is 10.1. The van der Waals surface area contributed by atoms with Gasteiger partial charge in [0.15, 0.2) is 9.84 Å². The maximum atomic E-state index is 12.1. The average Bonchev–Trinajstić information content (AvgIpc) is 3.09. The van der Waals surface area contributed by atoms with Gasteiger partial charge in [-0.25, -0.2) is 8.42 Å². The standard InChI is InChI=1S/C15H18ClN5O3S2/c1-9-3-4-13(10(2)5-9)21-15(18-19-20-21)25-6-14(22)17-12-8-26(23,24)7-11(12)16/h3-5,11-12H,6-8H2,1-2H3,(H,17,22)/t11-,12+/m1/s1. The van der Waals surface area contributed by atoms with Crippen LogP contribution in [0.5, 0.6) is 0 Å². The van der Waals surface area contributed by atoms with E-state index in [2.05, 4.69) is 20.8 Å². The summed E-state index contributed by atoms with van der Waals surface area (Å²) in [6.07, 6.45) is 0. The van der Waals surface area contributed by atoms with Crippen LogP contribution in [0.3, 0.4) is 0 Å². The molecule has 0 spiro atoms. The van der Waals surface area contributed by atoms with E-state index in [9.17, 15) is 13.2 Å². The highest BCUT2D eigenvalue weighted by atomic mass is 35.5. The van der Waals surface area contributed by atoms with Crippen molar-refractivity contribution >= 4 is 39.1 Å². The zero-order valence-electron chi connectivity index (χ0n) is 14.2. The second-order valence-corrected chi connectivity index (χ2v) is 9.88. The fraction of sp³-hybridized carbons (Fsp3) is 0.467. The summed E-state index contributed by atoms with van der Waals surface area (Å²) in [5.74, 6) is -0.487. The summed E-state index contributed by atoms with van der Waals surface area (Å²) in [4.78, 5) is 12.1. The Hall–Kier alpha value is -1.65. The van der Waals surface area contributed by atoms with Gasteiger partial charge in [-0.15, -0.1) is 16.7 Å². The first-order valence-corrected chi connectivity index (χ1v) is 11.1. The Kier molecular flexibility index (Phi) is 5.54. The highest BCUT2D eigenvalue weighted by Crippen LogP contribution is 2.22. The summed E-state index contributed by atoms with van der Waals surface area (Å²) in [6, 6.07) is 5.35. The lowest BCUT2D eigenvalue weighted by molar-refractivity contribution is -0.119. The average molecular weight is 416 g/mol. The Bertz CT molecular complexity index is 931. The van der Waals surface area contributed by atoms with Crippen molar-refractivity contribution in [2.75, 3.05) is 17.3 Å². The Morgan fingerprint density at radius 3 is 2.81 bits per heavy atom. The molecule has 1 aromatic heterocycles. The summed E-state index contributed by atoms with van der Waals surface area (Å²) in [6.45, 7) is 3.97. The first kappa shape index (κ1) is 19.1. The predicted molar refractivity (Wildman–Crippen MR) is 99.6 cm³/mol. The van der Waals surface area contributed by atoms with E-state index in [0.29, 0.717) is 5.16 Å². The third kappa shape index (κ3) is 4.36. The largest absolute Gasteiger partial charge is 0.350 e. The SMILES string of the molecule is Cc1ccc(-n2nnnc2SCC(=O)N[C@H]2CS(=O)(=O)C[C@H]2Cl)c(C)c1. The molecule has 140 valence electrons. The van der Waals surface area contributed by atoms with E-state index in [1.54, 1.807) is 4.68 Å². The summed E-state index contributed by atoms with van der Waals surface area (Å²) in [7, 11) is -3.19. The van der Waals surface area contributed by atoms with Gasteiger partial charge < -0.3 is 5.32 Å². The molecule has 0 radical (unpaired) electrons. The van der Waals surface area contributed by atoms with Crippen molar-refractivity contribution in [3.05, 3.63) is 29.3 Å². The van der Waals surface area contributed by atoms with Crippen LogP contribution >= 0.6 is 23.4 Å².